The van der Waals surface area contributed by atoms with Crippen molar-refractivity contribution in [2.45, 2.75) is 49.4 Å². The molecule has 20 heavy (non-hydrogen) atoms. The molecule has 3 saturated heterocycles. The zero-order valence-corrected chi connectivity index (χ0v) is 11.9. The minimum atomic E-state index is -1.17. The molecule has 0 aromatic heterocycles. The minimum absolute atomic E-state index is 0.0352. The summed E-state index contributed by atoms with van der Waals surface area (Å²) < 4.78 is 19.7. The summed E-state index contributed by atoms with van der Waals surface area (Å²) in [5.74, 6) is -0.325. The van der Waals surface area contributed by atoms with Crippen molar-refractivity contribution in [3.8, 4) is 0 Å². The zero-order valence-electron chi connectivity index (χ0n) is 11.2. The van der Waals surface area contributed by atoms with Gasteiger partial charge in [0, 0.05) is 5.92 Å². The van der Waals surface area contributed by atoms with E-state index in [1.165, 1.54) is 0 Å². The summed E-state index contributed by atoms with van der Waals surface area (Å²) in [7, 11) is 0. The van der Waals surface area contributed by atoms with Gasteiger partial charge in [0.05, 0.1) is 31.6 Å². The molecule has 0 saturated carbocycles. The van der Waals surface area contributed by atoms with Crippen molar-refractivity contribution in [1.29, 1.82) is 0 Å². The molecular weight excluding hydrogens is 288 g/mol. The van der Waals surface area contributed by atoms with Gasteiger partial charge in [-0.05, 0) is 0 Å². The maximum absolute atomic E-state index is 14.0. The highest BCUT2D eigenvalue weighted by atomic mass is 35.5. The molecule has 3 aliphatic rings. The van der Waals surface area contributed by atoms with Gasteiger partial charge in [0.1, 0.15) is 24.1 Å². The lowest BCUT2D eigenvalue weighted by Crippen LogP contribution is -2.70. The lowest BCUT2D eigenvalue weighted by molar-refractivity contribution is -0.0948. The molecule has 0 bridgehead atoms. The molecule has 0 amide bonds. The molecule has 8 atom stereocenters. The first-order chi connectivity index (χ1) is 9.52. The molecule has 0 aromatic rings. The van der Waals surface area contributed by atoms with Crippen LogP contribution in [0.15, 0.2) is 0 Å². The maximum atomic E-state index is 14.0. The first-order valence-electron chi connectivity index (χ1n) is 6.84. The van der Waals surface area contributed by atoms with Crippen molar-refractivity contribution in [3.63, 3.8) is 0 Å². The number of nitrogens with one attached hydrogen (secondary N) is 3. The summed E-state index contributed by atoms with van der Waals surface area (Å²) in [5, 5.41) is 18.6. The smallest absolute Gasteiger partial charge is 0.137 e. The number of aliphatic hydroxyl groups is 1. The second kappa shape index (κ2) is 5.62. The van der Waals surface area contributed by atoms with Gasteiger partial charge in [-0.2, -0.15) is 0 Å². The van der Waals surface area contributed by atoms with Crippen LogP contribution in [0.25, 0.3) is 0 Å². The average molecular weight is 309 g/mol. The van der Waals surface area contributed by atoms with Crippen LogP contribution in [-0.2, 0) is 4.74 Å². The second-order valence-corrected chi connectivity index (χ2v) is 6.06. The van der Waals surface area contributed by atoms with Gasteiger partial charge in [-0.1, -0.05) is 18.5 Å². The predicted octanol–water partition coefficient (Wildman–Crippen LogP) is -1.76. The first-order valence-corrected chi connectivity index (χ1v) is 7.28. The monoisotopic (exact) mass is 308 g/mol. The highest BCUT2D eigenvalue weighted by molar-refractivity contribution is 6.20. The largest absolute Gasteiger partial charge is 0.394 e. The van der Waals surface area contributed by atoms with Gasteiger partial charge in [0.25, 0.3) is 0 Å². The van der Waals surface area contributed by atoms with Crippen LogP contribution in [0.3, 0.4) is 0 Å². The Morgan fingerprint density at radius 2 is 2.25 bits per heavy atom. The van der Waals surface area contributed by atoms with Crippen molar-refractivity contribution in [2.24, 2.45) is 11.7 Å². The van der Waals surface area contributed by atoms with E-state index in [2.05, 4.69) is 16.0 Å². The van der Waals surface area contributed by atoms with Crippen molar-refractivity contribution >= 4 is 11.6 Å². The van der Waals surface area contributed by atoms with E-state index in [9.17, 15) is 4.39 Å². The van der Waals surface area contributed by atoms with Crippen LogP contribution in [0.2, 0.25) is 0 Å². The van der Waals surface area contributed by atoms with Gasteiger partial charge in [-0.3, -0.25) is 16.0 Å². The summed E-state index contributed by atoms with van der Waals surface area (Å²) in [4.78, 5) is 1.98. The van der Waals surface area contributed by atoms with E-state index in [0.717, 1.165) is 0 Å². The van der Waals surface area contributed by atoms with Gasteiger partial charge in [-0.15, -0.1) is 0 Å². The second-order valence-electron chi connectivity index (χ2n) is 5.62. The zero-order chi connectivity index (χ0) is 14.4. The average Bonchev–Trinajstić information content (AvgIpc) is 2.93. The number of alkyl halides is 2. The van der Waals surface area contributed by atoms with Gasteiger partial charge in [-0.25, -0.2) is 9.29 Å². The van der Waals surface area contributed by atoms with Crippen LogP contribution in [0.5, 0.6) is 0 Å². The Kier molecular flexibility index (Phi) is 4.17. The summed E-state index contributed by atoms with van der Waals surface area (Å²) in [6, 6.07) is -0.0352. The number of ether oxygens (including phenoxy) is 1. The fourth-order valence-corrected chi connectivity index (χ4v) is 3.54. The standard InChI is InChI=1S/C11H21ClFN5O2/c1-4-6(13)5(2-19)20-10(4)18-3-15-7-8(14)16-11(12)17-9(7)18/h4-11,15-17,19H,2-3,14H2,1H3/t4-,5+,6-,7+,8+,9+,10?,11-/m0/s1/i13-1. The molecule has 0 radical (unpaired) electrons. The summed E-state index contributed by atoms with van der Waals surface area (Å²) >= 11 is 6.06. The number of aliphatic hydroxyl groups excluding tert-OH is 1. The van der Waals surface area contributed by atoms with E-state index >= 15 is 0 Å². The number of halogens is 2. The summed E-state index contributed by atoms with van der Waals surface area (Å²) in [5.41, 5.74) is 5.56. The molecule has 3 rings (SSSR count). The molecule has 7 nitrogen and oxygen atoms in total. The van der Waals surface area contributed by atoms with E-state index < -0.39 is 24.1 Å². The molecule has 0 spiro atoms. The van der Waals surface area contributed by atoms with Gasteiger partial charge in [0.15, 0.2) is 0 Å². The fraction of sp³-hybridized carbons (Fsp3) is 1.00. The van der Waals surface area contributed by atoms with Gasteiger partial charge >= 0.3 is 0 Å². The van der Waals surface area contributed by atoms with Gasteiger partial charge in [0.2, 0.25) is 0 Å². The third-order valence-corrected chi connectivity index (χ3v) is 4.63. The fourth-order valence-electron chi connectivity index (χ4n) is 3.27. The molecule has 116 valence electrons. The Balaban J connectivity index is 1.75. The van der Waals surface area contributed by atoms with E-state index in [4.69, 9.17) is 27.2 Å². The third kappa shape index (κ3) is 2.34. The minimum Gasteiger partial charge on any atom is -0.394 e. The molecule has 6 N–H and O–H groups in total. The van der Waals surface area contributed by atoms with E-state index in [0.29, 0.717) is 6.67 Å². The van der Waals surface area contributed by atoms with Crippen LogP contribution in [0.1, 0.15) is 6.92 Å². The quantitative estimate of drug-likeness (QED) is 0.305. The van der Waals surface area contributed by atoms with Crippen molar-refractivity contribution in [2.75, 3.05) is 13.3 Å². The Hall–Kier alpha value is -0.0600. The number of nitrogens with zero attached hydrogens (tertiary/aromatic N) is 1. The van der Waals surface area contributed by atoms with E-state index in [1.54, 1.807) is 6.92 Å². The Morgan fingerprint density at radius 3 is 2.90 bits per heavy atom. The highest BCUT2D eigenvalue weighted by Gasteiger charge is 2.51. The molecule has 1 unspecified atom stereocenters. The molecule has 0 aliphatic carbocycles. The predicted molar refractivity (Wildman–Crippen MR) is 71.1 cm³/mol. The van der Waals surface area contributed by atoms with Crippen molar-refractivity contribution in [1.82, 2.24) is 20.9 Å². The third-order valence-electron chi connectivity index (χ3n) is 4.38. The first kappa shape index (κ1) is 14.9. The lowest BCUT2D eigenvalue weighted by Gasteiger charge is -2.40. The van der Waals surface area contributed by atoms with E-state index in [-0.39, 0.29) is 30.9 Å². The molecular formula is C11H21ClFN5O2. The maximum Gasteiger partial charge on any atom is 0.137 e. The molecule has 9 heteroatoms. The SMILES string of the molecule is C[C@@H]1C(N2CN[C@@H]3[C@H](N)N[C@H](Cl)N[C@@H]32)O[C@H](CO)[C@H]1[18F]. The van der Waals surface area contributed by atoms with Crippen molar-refractivity contribution in [3.05, 3.63) is 0 Å². The molecule has 3 aliphatic heterocycles. The number of rotatable bonds is 2. The van der Waals surface area contributed by atoms with Crippen LogP contribution >= 0.6 is 11.6 Å². The van der Waals surface area contributed by atoms with Crippen LogP contribution in [0.4, 0.5) is 4.39 Å². The van der Waals surface area contributed by atoms with Crippen LogP contribution in [0, 0.1) is 5.92 Å². The summed E-state index contributed by atoms with van der Waals surface area (Å²) in [6.45, 7) is 2.00. The van der Waals surface area contributed by atoms with Crippen molar-refractivity contribution < 1.29 is 14.2 Å². The summed E-state index contributed by atoms with van der Waals surface area (Å²) in [6.07, 6.45) is -2.78. The number of hydrogen-bond donors (Lipinski definition) is 5. The molecule has 3 heterocycles. The van der Waals surface area contributed by atoms with Gasteiger partial charge < -0.3 is 15.6 Å². The highest BCUT2D eigenvalue weighted by Crippen LogP contribution is 2.34. The Bertz CT molecular complexity index is 368. The van der Waals surface area contributed by atoms with Crippen LogP contribution < -0.4 is 21.7 Å². The Morgan fingerprint density at radius 1 is 1.50 bits per heavy atom. The number of fused-ring (bicyclic) bond motifs is 1. The molecule has 3 fully saturated rings. The number of nitrogens with two attached hydrogens (primary N) is 1. The van der Waals surface area contributed by atoms with Crippen LogP contribution in [-0.4, -0.2) is 65.8 Å². The normalized spacial score (nSPS) is 53.2. The number of hydrogen-bond acceptors (Lipinski definition) is 7. The topological polar surface area (TPSA) is 94.8 Å². The van der Waals surface area contributed by atoms with E-state index in [1.807, 2.05) is 4.90 Å². The molecule has 0 aromatic carbocycles. The Labute approximate surface area is 121 Å². The lowest BCUT2D eigenvalue weighted by atomic mass is 10.0.